The van der Waals surface area contributed by atoms with Crippen molar-refractivity contribution in [3.05, 3.63) is 0 Å². The smallest absolute Gasteiger partial charge is 0.244 e. The fourth-order valence-electron chi connectivity index (χ4n) is 1.44. The van der Waals surface area contributed by atoms with Crippen molar-refractivity contribution in [2.45, 2.75) is 12.5 Å². The lowest BCUT2D eigenvalue weighted by Gasteiger charge is -2.36. The Kier molecular flexibility index (Phi) is 3.47. The Hall–Kier alpha value is -0.650. The highest BCUT2D eigenvalue weighted by atomic mass is 16.3. The standard InChI is InChI=1S/C9H19N3O2/c1-9(10,7-13)8(14)12-5-3-11(2)4-6-12/h13H,3-7,10H2,1-2H3. The van der Waals surface area contributed by atoms with E-state index in [0.29, 0.717) is 13.1 Å². The van der Waals surface area contributed by atoms with Crippen LogP contribution in [-0.2, 0) is 4.79 Å². The van der Waals surface area contributed by atoms with Gasteiger partial charge in [-0.25, -0.2) is 0 Å². The summed E-state index contributed by atoms with van der Waals surface area (Å²) >= 11 is 0. The van der Waals surface area contributed by atoms with Crippen molar-refractivity contribution in [1.29, 1.82) is 0 Å². The van der Waals surface area contributed by atoms with Gasteiger partial charge in [-0.1, -0.05) is 0 Å². The third kappa shape index (κ3) is 2.43. The highest BCUT2D eigenvalue weighted by Crippen LogP contribution is 2.07. The minimum Gasteiger partial charge on any atom is -0.394 e. The Morgan fingerprint density at radius 2 is 1.93 bits per heavy atom. The van der Waals surface area contributed by atoms with Crippen LogP contribution < -0.4 is 5.73 Å². The third-order valence-electron chi connectivity index (χ3n) is 2.61. The van der Waals surface area contributed by atoms with Crippen molar-refractivity contribution in [3.8, 4) is 0 Å². The summed E-state index contributed by atoms with van der Waals surface area (Å²) in [7, 11) is 2.02. The van der Waals surface area contributed by atoms with E-state index in [-0.39, 0.29) is 12.5 Å². The minimum atomic E-state index is -1.13. The van der Waals surface area contributed by atoms with E-state index in [2.05, 4.69) is 4.90 Å². The molecule has 1 amide bonds. The second kappa shape index (κ2) is 4.25. The van der Waals surface area contributed by atoms with Crippen molar-refractivity contribution in [2.75, 3.05) is 39.8 Å². The molecule has 5 heteroatoms. The molecule has 1 atom stereocenters. The number of amides is 1. The lowest BCUT2D eigenvalue weighted by molar-refractivity contribution is -0.139. The van der Waals surface area contributed by atoms with Crippen molar-refractivity contribution < 1.29 is 9.90 Å². The average molecular weight is 201 g/mol. The van der Waals surface area contributed by atoms with Crippen LogP contribution in [0.15, 0.2) is 0 Å². The molecule has 0 spiro atoms. The molecule has 1 aliphatic heterocycles. The summed E-state index contributed by atoms with van der Waals surface area (Å²) in [5.74, 6) is -0.159. The van der Waals surface area contributed by atoms with Gasteiger partial charge in [0.05, 0.1) is 6.61 Å². The van der Waals surface area contributed by atoms with Gasteiger partial charge in [0.1, 0.15) is 5.54 Å². The van der Waals surface area contributed by atoms with Crippen LogP contribution in [0.5, 0.6) is 0 Å². The summed E-state index contributed by atoms with van der Waals surface area (Å²) in [5, 5.41) is 8.96. The number of nitrogens with zero attached hydrogens (tertiary/aromatic N) is 2. The van der Waals surface area contributed by atoms with E-state index in [9.17, 15) is 4.79 Å². The molecule has 0 bridgehead atoms. The Balaban J connectivity index is 2.54. The number of piperazine rings is 1. The SMILES string of the molecule is CN1CCN(C(=O)C(C)(N)CO)CC1. The average Bonchev–Trinajstić information content (AvgIpc) is 2.18. The van der Waals surface area contributed by atoms with Gasteiger partial charge in [0.15, 0.2) is 0 Å². The third-order valence-corrected chi connectivity index (χ3v) is 2.61. The number of carbonyl (C=O) groups is 1. The number of aliphatic hydroxyl groups excluding tert-OH is 1. The Morgan fingerprint density at radius 1 is 1.43 bits per heavy atom. The van der Waals surface area contributed by atoms with Gasteiger partial charge < -0.3 is 20.6 Å². The number of nitrogens with two attached hydrogens (primary N) is 1. The first-order valence-electron chi connectivity index (χ1n) is 4.85. The Morgan fingerprint density at radius 3 is 2.36 bits per heavy atom. The molecule has 0 radical (unpaired) electrons. The minimum absolute atomic E-state index is 0.159. The van der Waals surface area contributed by atoms with E-state index in [1.807, 2.05) is 7.05 Å². The molecule has 1 rings (SSSR count). The number of carbonyl (C=O) groups excluding carboxylic acids is 1. The molecule has 0 aromatic carbocycles. The van der Waals surface area contributed by atoms with Gasteiger partial charge in [0.25, 0.3) is 0 Å². The van der Waals surface area contributed by atoms with Gasteiger partial charge in [-0.05, 0) is 14.0 Å². The largest absolute Gasteiger partial charge is 0.394 e. The molecule has 0 aromatic rings. The Labute approximate surface area is 84.5 Å². The van der Waals surface area contributed by atoms with E-state index in [0.717, 1.165) is 13.1 Å². The second-order valence-electron chi connectivity index (χ2n) is 4.17. The van der Waals surface area contributed by atoms with Crippen LogP contribution in [0, 0.1) is 0 Å². The predicted octanol–water partition coefficient (Wildman–Crippen LogP) is -1.53. The molecule has 1 aliphatic rings. The van der Waals surface area contributed by atoms with E-state index < -0.39 is 5.54 Å². The second-order valence-corrected chi connectivity index (χ2v) is 4.17. The summed E-state index contributed by atoms with van der Waals surface area (Å²) in [6.45, 7) is 4.39. The molecule has 0 aliphatic carbocycles. The Bertz CT molecular complexity index is 210. The fraction of sp³-hybridized carbons (Fsp3) is 0.889. The van der Waals surface area contributed by atoms with Gasteiger partial charge >= 0.3 is 0 Å². The van der Waals surface area contributed by atoms with Gasteiger partial charge in [-0.3, -0.25) is 4.79 Å². The van der Waals surface area contributed by atoms with Crippen molar-refractivity contribution in [2.24, 2.45) is 5.73 Å². The molecule has 1 saturated heterocycles. The molecule has 1 heterocycles. The summed E-state index contributed by atoms with van der Waals surface area (Å²) in [6.07, 6.45) is 0. The summed E-state index contributed by atoms with van der Waals surface area (Å²) in [4.78, 5) is 15.7. The predicted molar refractivity (Wildman–Crippen MR) is 53.8 cm³/mol. The summed E-state index contributed by atoms with van der Waals surface area (Å²) in [6, 6.07) is 0. The quantitative estimate of drug-likeness (QED) is 0.569. The van der Waals surface area contributed by atoms with Crippen molar-refractivity contribution in [3.63, 3.8) is 0 Å². The fourth-order valence-corrected chi connectivity index (χ4v) is 1.44. The van der Waals surface area contributed by atoms with E-state index in [4.69, 9.17) is 10.8 Å². The molecule has 0 aromatic heterocycles. The van der Waals surface area contributed by atoms with Crippen LogP contribution in [0.3, 0.4) is 0 Å². The molecule has 5 nitrogen and oxygen atoms in total. The van der Waals surface area contributed by atoms with Crippen LogP contribution in [0.1, 0.15) is 6.92 Å². The first kappa shape index (κ1) is 11.4. The van der Waals surface area contributed by atoms with Gasteiger partial charge in [0.2, 0.25) is 5.91 Å². The first-order chi connectivity index (χ1) is 6.47. The van der Waals surface area contributed by atoms with Crippen LogP contribution in [0.2, 0.25) is 0 Å². The van der Waals surface area contributed by atoms with E-state index >= 15 is 0 Å². The number of hydrogen-bond donors (Lipinski definition) is 2. The number of hydrogen-bond acceptors (Lipinski definition) is 4. The zero-order valence-corrected chi connectivity index (χ0v) is 8.86. The molecule has 14 heavy (non-hydrogen) atoms. The number of aliphatic hydroxyl groups is 1. The van der Waals surface area contributed by atoms with E-state index in [1.165, 1.54) is 0 Å². The molecular weight excluding hydrogens is 182 g/mol. The van der Waals surface area contributed by atoms with Crippen LogP contribution >= 0.6 is 0 Å². The van der Waals surface area contributed by atoms with Crippen molar-refractivity contribution in [1.82, 2.24) is 9.80 Å². The maximum atomic E-state index is 11.8. The van der Waals surface area contributed by atoms with Crippen LogP contribution in [-0.4, -0.2) is 66.2 Å². The number of rotatable bonds is 2. The monoisotopic (exact) mass is 201 g/mol. The zero-order valence-electron chi connectivity index (χ0n) is 8.86. The molecular formula is C9H19N3O2. The molecule has 1 unspecified atom stereocenters. The topological polar surface area (TPSA) is 69.8 Å². The molecule has 1 fully saturated rings. The molecule has 0 saturated carbocycles. The van der Waals surface area contributed by atoms with Crippen LogP contribution in [0.25, 0.3) is 0 Å². The van der Waals surface area contributed by atoms with E-state index in [1.54, 1.807) is 11.8 Å². The van der Waals surface area contributed by atoms with Gasteiger partial charge in [-0.2, -0.15) is 0 Å². The lowest BCUT2D eigenvalue weighted by Crippen LogP contribution is -2.59. The highest BCUT2D eigenvalue weighted by molar-refractivity contribution is 5.85. The lowest BCUT2D eigenvalue weighted by atomic mass is 10.0. The summed E-state index contributed by atoms with van der Waals surface area (Å²) < 4.78 is 0. The number of likely N-dealkylation sites (N-methyl/N-ethyl adjacent to an activating group) is 1. The normalized spacial score (nSPS) is 23.3. The molecule has 82 valence electrons. The summed E-state index contributed by atoms with van der Waals surface area (Å²) in [5.41, 5.74) is 4.54. The maximum absolute atomic E-state index is 11.8. The van der Waals surface area contributed by atoms with Crippen LogP contribution in [0.4, 0.5) is 0 Å². The van der Waals surface area contributed by atoms with Gasteiger partial charge in [0, 0.05) is 26.2 Å². The zero-order chi connectivity index (χ0) is 10.8. The maximum Gasteiger partial charge on any atom is 0.244 e. The molecule has 3 N–H and O–H groups in total. The van der Waals surface area contributed by atoms with Crippen molar-refractivity contribution >= 4 is 5.91 Å². The first-order valence-corrected chi connectivity index (χ1v) is 4.85. The highest BCUT2D eigenvalue weighted by Gasteiger charge is 2.33. The van der Waals surface area contributed by atoms with Gasteiger partial charge in [-0.15, -0.1) is 0 Å².